The summed E-state index contributed by atoms with van der Waals surface area (Å²) in [7, 11) is 0. The maximum absolute atomic E-state index is 11.5. The fraction of sp³-hybridized carbons (Fsp3) is 0.308. The van der Waals surface area contributed by atoms with Gasteiger partial charge in [-0.1, -0.05) is 38.1 Å². The van der Waals surface area contributed by atoms with Gasteiger partial charge in [0.15, 0.2) is 0 Å². The molecule has 3 nitrogen and oxygen atoms in total. The Kier molecular flexibility index (Phi) is 5.12. The van der Waals surface area contributed by atoms with Gasteiger partial charge in [0, 0.05) is 11.9 Å². The topological polar surface area (TPSA) is 41.1 Å². The summed E-state index contributed by atoms with van der Waals surface area (Å²) in [5, 5.41) is 5.47. The van der Waals surface area contributed by atoms with E-state index in [1.54, 1.807) is 6.20 Å². The number of allylic oxidation sites excluding steroid dienone is 1. The van der Waals surface area contributed by atoms with Crippen LogP contribution >= 0.6 is 0 Å². The number of para-hydroxylation sites is 1. The monoisotopic (exact) mass is 218 g/mol. The molecule has 0 aromatic heterocycles. The van der Waals surface area contributed by atoms with Gasteiger partial charge in [0.05, 0.1) is 0 Å². The Bertz CT molecular complexity index is 372. The number of carbonyl (C=O) groups is 1. The minimum atomic E-state index is -0.203. The number of amides is 2. The first kappa shape index (κ1) is 12.3. The Morgan fingerprint density at radius 1 is 1.31 bits per heavy atom. The lowest BCUT2D eigenvalue weighted by Gasteiger charge is -2.08. The van der Waals surface area contributed by atoms with Crippen LogP contribution < -0.4 is 10.6 Å². The van der Waals surface area contributed by atoms with E-state index >= 15 is 0 Å². The summed E-state index contributed by atoms with van der Waals surface area (Å²) >= 11 is 0. The molecule has 1 aromatic rings. The van der Waals surface area contributed by atoms with E-state index in [1.165, 1.54) is 0 Å². The highest BCUT2D eigenvalue weighted by Gasteiger charge is 2.02. The highest BCUT2D eigenvalue weighted by Crippen LogP contribution is 2.14. The second kappa shape index (κ2) is 6.67. The highest BCUT2D eigenvalue weighted by molar-refractivity contribution is 5.90. The first-order valence-electron chi connectivity index (χ1n) is 5.58. The molecule has 0 saturated carbocycles. The molecule has 2 N–H and O–H groups in total. The molecule has 0 aliphatic carbocycles. The maximum atomic E-state index is 11.5. The average Bonchev–Trinajstić information content (AvgIpc) is 2.30. The molecule has 16 heavy (non-hydrogen) atoms. The smallest absolute Gasteiger partial charge is 0.315 e. The molecule has 1 aromatic carbocycles. The number of carbonyl (C=O) groups excluding carboxylic acids is 1. The van der Waals surface area contributed by atoms with Gasteiger partial charge >= 0.3 is 6.03 Å². The van der Waals surface area contributed by atoms with Gasteiger partial charge in [-0.05, 0) is 24.5 Å². The standard InChI is InChI=1S/C13H18N2O/c1-3-5-10-14-13(16)15-12-9-7-6-8-11(12)4-2/h5-10H,3-4H2,1-2H3,(H2,14,15,16)/b10-5+. The molecule has 0 fully saturated rings. The SMILES string of the molecule is CC/C=C/NC(=O)Nc1ccccc1CC. The molecule has 0 spiro atoms. The van der Waals surface area contributed by atoms with Gasteiger partial charge in [-0.2, -0.15) is 0 Å². The second-order valence-electron chi connectivity index (χ2n) is 3.42. The molecular formula is C13H18N2O. The molecule has 2 amide bonds. The largest absolute Gasteiger partial charge is 0.323 e. The van der Waals surface area contributed by atoms with E-state index in [1.807, 2.05) is 37.3 Å². The minimum Gasteiger partial charge on any atom is -0.315 e. The molecule has 0 bridgehead atoms. The molecule has 3 heteroatoms. The van der Waals surface area contributed by atoms with Crippen molar-refractivity contribution < 1.29 is 4.79 Å². The maximum Gasteiger partial charge on any atom is 0.323 e. The molecule has 86 valence electrons. The summed E-state index contributed by atoms with van der Waals surface area (Å²) in [5.74, 6) is 0. The van der Waals surface area contributed by atoms with Crippen molar-refractivity contribution in [2.75, 3.05) is 5.32 Å². The number of rotatable bonds is 4. The van der Waals surface area contributed by atoms with Crippen LogP contribution in [0.4, 0.5) is 10.5 Å². The first-order chi connectivity index (χ1) is 7.77. The van der Waals surface area contributed by atoms with Crippen molar-refractivity contribution >= 4 is 11.7 Å². The van der Waals surface area contributed by atoms with Crippen molar-refractivity contribution in [1.82, 2.24) is 5.32 Å². The van der Waals surface area contributed by atoms with Crippen LogP contribution in [0.15, 0.2) is 36.5 Å². The molecular weight excluding hydrogens is 200 g/mol. The summed E-state index contributed by atoms with van der Waals surface area (Å²) in [6.45, 7) is 4.08. The van der Waals surface area contributed by atoms with Gasteiger partial charge in [-0.25, -0.2) is 4.79 Å². The first-order valence-corrected chi connectivity index (χ1v) is 5.58. The molecule has 0 saturated heterocycles. The number of anilines is 1. The third kappa shape index (κ3) is 3.77. The van der Waals surface area contributed by atoms with Gasteiger partial charge in [0.2, 0.25) is 0 Å². The predicted molar refractivity (Wildman–Crippen MR) is 67.4 cm³/mol. The van der Waals surface area contributed by atoms with E-state index in [4.69, 9.17) is 0 Å². The van der Waals surface area contributed by atoms with Crippen LogP contribution in [0.1, 0.15) is 25.8 Å². The number of aryl methyl sites for hydroxylation is 1. The molecule has 0 aliphatic rings. The van der Waals surface area contributed by atoms with Gasteiger partial charge in [-0.3, -0.25) is 0 Å². The van der Waals surface area contributed by atoms with Crippen LogP contribution in [0.3, 0.4) is 0 Å². The number of nitrogens with one attached hydrogen (secondary N) is 2. The lowest BCUT2D eigenvalue weighted by atomic mass is 10.1. The molecule has 0 atom stereocenters. The Morgan fingerprint density at radius 3 is 2.75 bits per heavy atom. The predicted octanol–water partition coefficient (Wildman–Crippen LogP) is 3.29. The Morgan fingerprint density at radius 2 is 2.06 bits per heavy atom. The summed E-state index contributed by atoms with van der Waals surface area (Å²) in [4.78, 5) is 11.5. The van der Waals surface area contributed by atoms with Crippen LogP contribution in [0, 0.1) is 0 Å². The van der Waals surface area contributed by atoms with Crippen LogP contribution in [0.2, 0.25) is 0 Å². The van der Waals surface area contributed by atoms with E-state index in [2.05, 4.69) is 17.6 Å². The number of benzene rings is 1. The minimum absolute atomic E-state index is 0.203. The molecule has 0 unspecified atom stereocenters. The van der Waals surface area contributed by atoms with Crippen LogP contribution in [0.5, 0.6) is 0 Å². The van der Waals surface area contributed by atoms with E-state index in [-0.39, 0.29) is 6.03 Å². The van der Waals surface area contributed by atoms with Crippen molar-refractivity contribution in [3.05, 3.63) is 42.1 Å². The van der Waals surface area contributed by atoms with Crippen molar-refractivity contribution in [1.29, 1.82) is 0 Å². The quantitative estimate of drug-likeness (QED) is 0.800. The third-order valence-corrected chi connectivity index (χ3v) is 2.21. The molecule has 0 radical (unpaired) electrons. The fourth-order valence-electron chi connectivity index (χ4n) is 1.36. The summed E-state index contributed by atoms with van der Waals surface area (Å²) in [5.41, 5.74) is 2.00. The van der Waals surface area contributed by atoms with Gasteiger partial charge in [0.25, 0.3) is 0 Å². The fourth-order valence-corrected chi connectivity index (χ4v) is 1.36. The molecule has 0 heterocycles. The Hall–Kier alpha value is -1.77. The van der Waals surface area contributed by atoms with Crippen molar-refractivity contribution in [2.24, 2.45) is 0 Å². The Labute approximate surface area is 96.6 Å². The van der Waals surface area contributed by atoms with Gasteiger partial charge in [-0.15, -0.1) is 0 Å². The summed E-state index contributed by atoms with van der Waals surface area (Å²) in [6.07, 6.45) is 5.36. The van der Waals surface area contributed by atoms with Crippen LogP contribution in [-0.4, -0.2) is 6.03 Å². The Balaban J connectivity index is 2.58. The van der Waals surface area contributed by atoms with E-state index in [9.17, 15) is 4.79 Å². The zero-order valence-electron chi connectivity index (χ0n) is 9.79. The zero-order chi connectivity index (χ0) is 11.8. The summed E-state index contributed by atoms with van der Waals surface area (Å²) < 4.78 is 0. The normalized spacial score (nSPS) is 10.4. The second-order valence-corrected chi connectivity index (χ2v) is 3.42. The molecule has 1 rings (SSSR count). The average molecular weight is 218 g/mol. The van der Waals surface area contributed by atoms with E-state index in [0.29, 0.717) is 0 Å². The lowest BCUT2D eigenvalue weighted by molar-refractivity contribution is 0.255. The number of hydrogen-bond acceptors (Lipinski definition) is 1. The van der Waals surface area contributed by atoms with Crippen molar-refractivity contribution in [2.45, 2.75) is 26.7 Å². The van der Waals surface area contributed by atoms with E-state index < -0.39 is 0 Å². The number of urea groups is 1. The van der Waals surface area contributed by atoms with E-state index in [0.717, 1.165) is 24.1 Å². The van der Waals surface area contributed by atoms with Crippen LogP contribution in [-0.2, 0) is 6.42 Å². The molecule has 0 aliphatic heterocycles. The summed E-state index contributed by atoms with van der Waals surface area (Å²) in [6, 6.07) is 7.60. The van der Waals surface area contributed by atoms with Crippen molar-refractivity contribution in [3.63, 3.8) is 0 Å². The third-order valence-electron chi connectivity index (χ3n) is 2.21. The highest BCUT2D eigenvalue weighted by atomic mass is 16.2. The van der Waals surface area contributed by atoms with Crippen LogP contribution in [0.25, 0.3) is 0 Å². The lowest BCUT2D eigenvalue weighted by Crippen LogP contribution is -2.24. The zero-order valence-corrected chi connectivity index (χ0v) is 9.79. The van der Waals surface area contributed by atoms with Gasteiger partial charge < -0.3 is 10.6 Å². The van der Waals surface area contributed by atoms with Crippen molar-refractivity contribution in [3.8, 4) is 0 Å². The number of hydrogen-bond donors (Lipinski definition) is 2. The van der Waals surface area contributed by atoms with Gasteiger partial charge in [0.1, 0.15) is 0 Å².